The predicted octanol–water partition coefficient (Wildman–Crippen LogP) is 4.08. The van der Waals surface area contributed by atoms with Crippen LogP contribution in [0.15, 0.2) is 60.9 Å². The molecule has 0 saturated heterocycles. The Balaban J connectivity index is 1.91. The van der Waals surface area contributed by atoms with Gasteiger partial charge in [0, 0.05) is 29.7 Å². The van der Waals surface area contributed by atoms with Crippen LogP contribution < -0.4 is 0 Å². The molecule has 0 aliphatic heterocycles. The van der Waals surface area contributed by atoms with E-state index >= 15 is 0 Å². The molecule has 0 bridgehead atoms. The maximum absolute atomic E-state index is 13.2. The molecule has 0 N–H and O–H groups in total. The molecule has 4 nitrogen and oxygen atoms in total. The zero-order chi connectivity index (χ0) is 15.5. The highest BCUT2D eigenvalue weighted by atomic mass is 19.1. The lowest BCUT2D eigenvalue weighted by atomic mass is 10.1. The SMILES string of the molecule is O=[N+]([O-])/C=C/c1ccc2c(ccn2Cc2cccc(F)c2)c1. The van der Waals surface area contributed by atoms with Crippen LogP contribution in [0.25, 0.3) is 17.0 Å². The minimum atomic E-state index is -0.487. The Morgan fingerprint density at radius 3 is 2.82 bits per heavy atom. The Morgan fingerprint density at radius 2 is 2.05 bits per heavy atom. The molecule has 0 spiro atoms. The molecule has 3 aromatic rings. The Bertz CT molecular complexity index is 868. The second-order valence-corrected chi connectivity index (χ2v) is 4.99. The fourth-order valence-electron chi connectivity index (χ4n) is 2.44. The van der Waals surface area contributed by atoms with E-state index in [0.717, 1.165) is 28.2 Å². The molecule has 0 unspecified atom stereocenters. The van der Waals surface area contributed by atoms with Gasteiger partial charge in [0.25, 0.3) is 0 Å². The molecule has 0 fully saturated rings. The molecule has 3 rings (SSSR count). The molecule has 0 saturated carbocycles. The van der Waals surface area contributed by atoms with E-state index in [9.17, 15) is 14.5 Å². The van der Waals surface area contributed by atoms with Crippen molar-refractivity contribution in [3.63, 3.8) is 0 Å². The van der Waals surface area contributed by atoms with Gasteiger partial charge in [0.2, 0.25) is 6.20 Å². The third kappa shape index (κ3) is 3.03. The third-order valence-corrected chi connectivity index (χ3v) is 3.43. The minimum Gasteiger partial charge on any atom is -0.343 e. The quantitative estimate of drug-likeness (QED) is 0.538. The van der Waals surface area contributed by atoms with Crippen LogP contribution >= 0.6 is 0 Å². The highest BCUT2D eigenvalue weighted by Gasteiger charge is 2.03. The first-order valence-electron chi connectivity index (χ1n) is 6.77. The molecule has 0 atom stereocenters. The van der Waals surface area contributed by atoms with Crippen molar-refractivity contribution < 1.29 is 9.31 Å². The number of aromatic nitrogens is 1. The monoisotopic (exact) mass is 296 g/mol. The Kier molecular flexibility index (Phi) is 3.70. The van der Waals surface area contributed by atoms with Gasteiger partial charge in [-0.1, -0.05) is 18.2 Å². The molecular formula is C17H13FN2O2. The summed E-state index contributed by atoms with van der Waals surface area (Å²) in [5.74, 6) is -0.249. The van der Waals surface area contributed by atoms with Gasteiger partial charge in [0.15, 0.2) is 0 Å². The first kappa shape index (κ1) is 14.0. The predicted molar refractivity (Wildman–Crippen MR) is 83.5 cm³/mol. The Hall–Kier alpha value is -2.95. The molecule has 0 radical (unpaired) electrons. The third-order valence-electron chi connectivity index (χ3n) is 3.43. The van der Waals surface area contributed by atoms with E-state index in [1.54, 1.807) is 6.07 Å². The van der Waals surface area contributed by atoms with E-state index in [0.29, 0.717) is 6.54 Å². The van der Waals surface area contributed by atoms with Crippen LogP contribution in [-0.2, 0) is 6.54 Å². The molecule has 22 heavy (non-hydrogen) atoms. The Labute approximate surface area is 126 Å². The van der Waals surface area contributed by atoms with Crippen molar-refractivity contribution in [2.45, 2.75) is 6.54 Å². The van der Waals surface area contributed by atoms with E-state index in [1.807, 2.05) is 41.1 Å². The summed E-state index contributed by atoms with van der Waals surface area (Å²) in [6.45, 7) is 0.575. The van der Waals surface area contributed by atoms with E-state index in [4.69, 9.17) is 0 Å². The first-order valence-corrected chi connectivity index (χ1v) is 6.77. The number of hydrogen-bond donors (Lipinski definition) is 0. The van der Waals surface area contributed by atoms with Crippen LogP contribution in [0, 0.1) is 15.9 Å². The topological polar surface area (TPSA) is 48.1 Å². The molecular weight excluding hydrogens is 283 g/mol. The lowest BCUT2D eigenvalue weighted by molar-refractivity contribution is -0.400. The molecule has 0 aliphatic carbocycles. The maximum Gasteiger partial charge on any atom is 0.235 e. The van der Waals surface area contributed by atoms with E-state index < -0.39 is 4.92 Å². The summed E-state index contributed by atoms with van der Waals surface area (Å²) in [5.41, 5.74) is 2.66. The van der Waals surface area contributed by atoms with E-state index in [-0.39, 0.29) is 5.82 Å². The largest absolute Gasteiger partial charge is 0.343 e. The van der Waals surface area contributed by atoms with Crippen LogP contribution in [0.2, 0.25) is 0 Å². The number of halogens is 1. The molecule has 1 heterocycles. The Morgan fingerprint density at radius 1 is 1.18 bits per heavy atom. The van der Waals surface area contributed by atoms with Crippen molar-refractivity contribution >= 4 is 17.0 Å². The first-order chi connectivity index (χ1) is 10.6. The smallest absolute Gasteiger partial charge is 0.235 e. The van der Waals surface area contributed by atoms with Gasteiger partial charge in [0.05, 0.1) is 4.92 Å². The summed E-state index contributed by atoms with van der Waals surface area (Å²) in [5, 5.41) is 11.3. The molecule has 0 amide bonds. The molecule has 110 valence electrons. The van der Waals surface area contributed by atoms with Crippen LogP contribution in [0.1, 0.15) is 11.1 Å². The number of benzene rings is 2. The summed E-state index contributed by atoms with van der Waals surface area (Å²) in [6, 6.07) is 14.1. The van der Waals surface area contributed by atoms with Crippen molar-refractivity contribution in [2.24, 2.45) is 0 Å². The second-order valence-electron chi connectivity index (χ2n) is 4.99. The van der Waals surface area contributed by atoms with Crippen LogP contribution in [0.5, 0.6) is 0 Å². The highest BCUT2D eigenvalue weighted by molar-refractivity contribution is 5.82. The average molecular weight is 296 g/mol. The van der Waals surface area contributed by atoms with Crippen molar-refractivity contribution in [1.82, 2.24) is 4.57 Å². The number of hydrogen-bond acceptors (Lipinski definition) is 2. The van der Waals surface area contributed by atoms with E-state index in [1.165, 1.54) is 18.2 Å². The van der Waals surface area contributed by atoms with E-state index in [2.05, 4.69) is 0 Å². The number of nitro groups is 1. The van der Waals surface area contributed by atoms with Crippen LogP contribution in [-0.4, -0.2) is 9.49 Å². The van der Waals surface area contributed by atoms with Gasteiger partial charge in [-0.15, -0.1) is 0 Å². The second kappa shape index (κ2) is 5.81. The zero-order valence-electron chi connectivity index (χ0n) is 11.6. The summed E-state index contributed by atoms with van der Waals surface area (Å²) in [7, 11) is 0. The fourth-order valence-corrected chi connectivity index (χ4v) is 2.44. The normalized spacial score (nSPS) is 11.3. The molecule has 1 aromatic heterocycles. The highest BCUT2D eigenvalue weighted by Crippen LogP contribution is 2.20. The molecule has 2 aromatic carbocycles. The van der Waals surface area contributed by atoms with Crippen molar-refractivity contribution in [3.05, 3.63) is 88.0 Å². The van der Waals surface area contributed by atoms with Gasteiger partial charge in [-0.2, -0.15) is 0 Å². The summed E-state index contributed by atoms with van der Waals surface area (Å²) in [6.07, 6.45) is 4.31. The van der Waals surface area contributed by atoms with Gasteiger partial charge < -0.3 is 4.57 Å². The molecule has 5 heteroatoms. The summed E-state index contributed by atoms with van der Waals surface area (Å²) in [4.78, 5) is 9.87. The minimum absolute atomic E-state index is 0.249. The van der Waals surface area contributed by atoms with Gasteiger partial charge in [-0.05, 0) is 41.5 Å². The van der Waals surface area contributed by atoms with Crippen molar-refractivity contribution in [1.29, 1.82) is 0 Å². The fraction of sp³-hybridized carbons (Fsp3) is 0.0588. The lowest BCUT2D eigenvalue weighted by Gasteiger charge is -2.06. The standard InChI is InChI=1S/C17H13FN2O2/c18-16-3-1-2-14(11-16)12-19-8-7-15-10-13(4-5-17(15)19)6-9-20(21)22/h1-11H,12H2/b9-6+. The van der Waals surface area contributed by atoms with Crippen LogP contribution in [0.4, 0.5) is 4.39 Å². The van der Waals surface area contributed by atoms with Gasteiger partial charge in [0.1, 0.15) is 5.82 Å². The van der Waals surface area contributed by atoms with Crippen LogP contribution in [0.3, 0.4) is 0 Å². The molecule has 0 aliphatic rings. The van der Waals surface area contributed by atoms with Gasteiger partial charge >= 0.3 is 0 Å². The maximum atomic E-state index is 13.2. The number of rotatable bonds is 4. The van der Waals surface area contributed by atoms with Gasteiger partial charge in [-0.3, -0.25) is 10.1 Å². The van der Waals surface area contributed by atoms with Crippen molar-refractivity contribution in [2.75, 3.05) is 0 Å². The summed E-state index contributed by atoms with van der Waals surface area (Å²) >= 11 is 0. The van der Waals surface area contributed by atoms with Crippen molar-refractivity contribution in [3.8, 4) is 0 Å². The lowest BCUT2D eigenvalue weighted by Crippen LogP contribution is -1.98. The average Bonchev–Trinajstić information content (AvgIpc) is 2.87. The number of nitrogens with zero attached hydrogens (tertiary/aromatic N) is 2. The summed E-state index contributed by atoms with van der Waals surface area (Å²) < 4.78 is 15.3. The van der Waals surface area contributed by atoms with Gasteiger partial charge in [-0.25, -0.2) is 4.39 Å². The number of fused-ring (bicyclic) bond motifs is 1. The zero-order valence-corrected chi connectivity index (χ0v) is 11.6.